The highest BCUT2D eigenvalue weighted by Crippen LogP contribution is 2.45. The average molecular weight is 252 g/mol. The number of unbranched alkanes of at least 4 members (excludes halogenated alkanes) is 2. The number of hydrogen-bond donors (Lipinski definition) is 1. The molecule has 2 rings (SSSR count). The van der Waals surface area contributed by atoms with E-state index in [1.54, 1.807) is 0 Å². The van der Waals surface area contributed by atoms with Crippen LogP contribution in [-0.2, 0) is 9.59 Å². The van der Waals surface area contributed by atoms with Gasteiger partial charge in [-0.25, -0.2) is 0 Å². The maximum Gasteiger partial charge on any atom is 0.235 e. The van der Waals surface area contributed by atoms with Gasteiger partial charge in [0.2, 0.25) is 11.8 Å². The van der Waals surface area contributed by atoms with Gasteiger partial charge in [-0.1, -0.05) is 25.7 Å². The quantitative estimate of drug-likeness (QED) is 0.599. The van der Waals surface area contributed by atoms with Crippen molar-refractivity contribution in [3.8, 4) is 0 Å². The van der Waals surface area contributed by atoms with Crippen LogP contribution in [0.3, 0.4) is 0 Å². The van der Waals surface area contributed by atoms with Crippen molar-refractivity contribution >= 4 is 11.8 Å². The third-order valence-electron chi connectivity index (χ3n) is 4.39. The van der Waals surface area contributed by atoms with Gasteiger partial charge in [-0.05, 0) is 32.2 Å². The second-order valence-electron chi connectivity index (χ2n) is 5.72. The van der Waals surface area contributed by atoms with Crippen LogP contribution < -0.4 is 5.73 Å². The Morgan fingerprint density at radius 3 is 2.44 bits per heavy atom. The second kappa shape index (κ2) is 5.83. The molecule has 1 saturated heterocycles. The number of likely N-dealkylation sites (tertiary alicyclic amines) is 1. The fourth-order valence-corrected chi connectivity index (χ4v) is 3.30. The highest BCUT2D eigenvalue weighted by Gasteiger charge is 2.50. The molecule has 0 aromatic heterocycles. The van der Waals surface area contributed by atoms with Crippen molar-refractivity contribution in [1.29, 1.82) is 0 Å². The van der Waals surface area contributed by atoms with Crippen LogP contribution in [-0.4, -0.2) is 29.8 Å². The normalized spacial score (nSPS) is 23.1. The van der Waals surface area contributed by atoms with Crippen molar-refractivity contribution in [2.24, 2.45) is 11.1 Å². The number of hydrogen-bond acceptors (Lipinski definition) is 3. The molecule has 1 spiro atoms. The van der Waals surface area contributed by atoms with E-state index >= 15 is 0 Å². The lowest BCUT2D eigenvalue weighted by Gasteiger charge is -2.30. The molecule has 2 N–H and O–H groups in total. The number of amides is 2. The molecule has 0 aromatic rings. The van der Waals surface area contributed by atoms with Gasteiger partial charge in [0.1, 0.15) is 0 Å². The van der Waals surface area contributed by atoms with Crippen molar-refractivity contribution < 1.29 is 9.59 Å². The van der Waals surface area contributed by atoms with E-state index in [0.29, 0.717) is 19.5 Å². The van der Waals surface area contributed by atoms with Crippen molar-refractivity contribution in [3.63, 3.8) is 0 Å². The molecule has 1 aliphatic carbocycles. The van der Waals surface area contributed by atoms with Gasteiger partial charge in [0.25, 0.3) is 0 Å². The van der Waals surface area contributed by atoms with Gasteiger partial charge in [0.15, 0.2) is 0 Å². The molecule has 0 radical (unpaired) electrons. The molecule has 2 amide bonds. The first-order valence-corrected chi connectivity index (χ1v) is 7.24. The Kier molecular flexibility index (Phi) is 4.38. The number of imide groups is 1. The molecular formula is C14H24N2O2. The maximum absolute atomic E-state index is 12.4. The lowest BCUT2D eigenvalue weighted by molar-refractivity contribution is -0.142. The Hall–Kier alpha value is -0.900. The zero-order valence-electron chi connectivity index (χ0n) is 11.1. The average Bonchev–Trinajstić information content (AvgIpc) is 2.59. The number of nitrogens with zero attached hydrogens (tertiary/aromatic N) is 1. The molecular weight excluding hydrogens is 228 g/mol. The zero-order chi connectivity index (χ0) is 13.0. The van der Waals surface area contributed by atoms with Crippen LogP contribution >= 0.6 is 0 Å². The molecule has 2 aliphatic rings. The highest BCUT2D eigenvalue weighted by atomic mass is 16.2. The molecule has 0 atom stereocenters. The Balaban J connectivity index is 1.92. The van der Waals surface area contributed by atoms with Crippen LogP contribution in [0.1, 0.15) is 57.8 Å². The first-order chi connectivity index (χ1) is 8.69. The summed E-state index contributed by atoms with van der Waals surface area (Å²) in [6.07, 6.45) is 8.56. The van der Waals surface area contributed by atoms with Gasteiger partial charge < -0.3 is 5.73 Å². The van der Waals surface area contributed by atoms with Gasteiger partial charge in [0.05, 0.1) is 5.41 Å². The van der Waals surface area contributed by atoms with Crippen LogP contribution in [0.15, 0.2) is 0 Å². The smallest absolute Gasteiger partial charge is 0.235 e. The molecule has 0 unspecified atom stereocenters. The fraction of sp³-hybridized carbons (Fsp3) is 0.857. The van der Waals surface area contributed by atoms with Crippen molar-refractivity contribution in [1.82, 2.24) is 4.90 Å². The Morgan fingerprint density at radius 1 is 1.06 bits per heavy atom. The fourth-order valence-electron chi connectivity index (χ4n) is 3.30. The summed E-state index contributed by atoms with van der Waals surface area (Å²) in [6.45, 7) is 1.28. The molecule has 1 saturated carbocycles. The lowest BCUT2D eigenvalue weighted by atomic mass is 9.73. The number of nitrogens with two attached hydrogens (primary N) is 1. The summed E-state index contributed by atoms with van der Waals surface area (Å²) in [5.74, 6) is 0.162. The summed E-state index contributed by atoms with van der Waals surface area (Å²) in [5.41, 5.74) is 5.13. The number of carbonyl (C=O) groups is 2. The summed E-state index contributed by atoms with van der Waals surface area (Å²) < 4.78 is 0. The molecule has 0 aromatic carbocycles. The first kappa shape index (κ1) is 13.5. The minimum Gasteiger partial charge on any atom is -0.330 e. The van der Waals surface area contributed by atoms with Gasteiger partial charge in [-0.2, -0.15) is 0 Å². The Labute approximate surface area is 109 Å². The second-order valence-corrected chi connectivity index (χ2v) is 5.72. The van der Waals surface area contributed by atoms with Gasteiger partial charge in [-0.15, -0.1) is 0 Å². The predicted octanol–water partition coefficient (Wildman–Crippen LogP) is 1.82. The van der Waals surface area contributed by atoms with Crippen LogP contribution in [0, 0.1) is 5.41 Å². The van der Waals surface area contributed by atoms with Crippen LogP contribution in [0.5, 0.6) is 0 Å². The van der Waals surface area contributed by atoms with Crippen molar-refractivity contribution in [3.05, 3.63) is 0 Å². The van der Waals surface area contributed by atoms with E-state index in [1.165, 1.54) is 11.3 Å². The SMILES string of the molecule is NCCCCCN1C(=O)CC2(CCCCC2)C1=O. The summed E-state index contributed by atoms with van der Waals surface area (Å²) in [4.78, 5) is 26.0. The number of rotatable bonds is 5. The monoisotopic (exact) mass is 252 g/mol. The van der Waals surface area contributed by atoms with Crippen LogP contribution in [0.25, 0.3) is 0 Å². The van der Waals surface area contributed by atoms with Crippen molar-refractivity contribution in [2.45, 2.75) is 57.8 Å². The summed E-state index contributed by atoms with van der Waals surface area (Å²) in [6, 6.07) is 0. The third-order valence-corrected chi connectivity index (χ3v) is 4.39. The van der Waals surface area contributed by atoms with E-state index in [0.717, 1.165) is 44.9 Å². The van der Waals surface area contributed by atoms with E-state index in [-0.39, 0.29) is 17.2 Å². The van der Waals surface area contributed by atoms with E-state index in [4.69, 9.17) is 5.73 Å². The number of carbonyl (C=O) groups excluding carboxylic acids is 2. The molecule has 4 heteroatoms. The summed E-state index contributed by atoms with van der Waals surface area (Å²) in [5, 5.41) is 0. The topological polar surface area (TPSA) is 63.4 Å². The van der Waals surface area contributed by atoms with Crippen LogP contribution in [0.4, 0.5) is 0 Å². The molecule has 2 fully saturated rings. The minimum absolute atomic E-state index is 0.0506. The van der Waals surface area contributed by atoms with E-state index in [9.17, 15) is 9.59 Å². The zero-order valence-corrected chi connectivity index (χ0v) is 11.1. The largest absolute Gasteiger partial charge is 0.330 e. The Bertz CT molecular complexity index is 322. The van der Waals surface area contributed by atoms with Gasteiger partial charge >= 0.3 is 0 Å². The summed E-state index contributed by atoms with van der Waals surface area (Å²) >= 11 is 0. The standard InChI is InChI=1S/C14H24N2O2/c15-9-5-2-6-10-16-12(17)11-14(13(16)18)7-3-1-4-8-14/h1-11,15H2. The molecule has 18 heavy (non-hydrogen) atoms. The molecule has 0 bridgehead atoms. The Morgan fingerprint density at radius 2 is 1.78 bits per heavy atom. The summed E-state index contributed by atoms with van der Waals surface area (Å²) in [7, 11) is 0. The van der Waals surface area contributed by atoms with Crippen LogP contribution in [0.2, 0.25) is 0 Å². The van der Waals surface area contributed by atoms with Gasteiger partial charge in [-0.3, -0.25) is 14.5 Å². The van der Waals surface area contributed by atoms with E-state index in [2.05, 4.69) is 0 Å². The molecule has 4 nitrogen and oxygen atoms in total. The van der Waals surface area contributed by atoms with E-state index in [1.807, 2.05) is 0 Å². The third kappa shape index (κ3) is 2.58. The molecule has 102 valence electrons. The highest BCUT2D eigenvalue weighted by molar-refractivity contribution is 6.05. The molecule has 1 heterocycles. The predicted molar refractivity (Wildman–Crippen MR) is 69.8 cm³/mol. The molecule has 1 aliphatic heterocycles. The lowest BCUT2D eigenvalue weighted by Crippen LogP contribution is -2.37. The first-order valence-electron chi connectivity index (χ1n) is 7.24. The maximum atomic E-state index is 12.4. The van der Waals surface area contributed by atoms with Crippen molar-refractivity contribution in [2.75, 3.05) is 13.1 Å². The minimum atomic E-state index is -0.316. The van der Waals surface area contributed by atoms with E-state index < -0.39 is 0 Å². The van der Waals surface area contributed by atoms with Gasteiger partial charge in [0, 0.05) is 13.0 Å².